The second kappa shape index (κ2) is 5.86. The number of aromatic nitrogens is 2. The van der Waals surface area contributed by atoms with Gasteiger partial charge in [-0.1, -0.05) is 48.0 Å². The van der Waals surface area contributed by atoms with Gasteiger partial charge in [-0.25, -0.2) is 4.98 Å². The normalized spacial score (nSPS) is 10.4. The SMILES string of the molecule is C#CCSc1nc2ccccc2c(=O)n1-c1ccccc1. The van der Waals surface area contributed by atoms with Crippen molar-refractivity contribution in [3.05, 3.63) is 65.0 Å². The number of para-hydroxylation sites is 2. The standard InChI is InChI=1S/C17H12N2OS/c1-2-12-21-17-18-15-11-7-6-10-14(15)16(20)19(17)13-8-4-3-5-9-13/h1,3-11H,12H2. The summed E-state index contributed by atoms with van der Waals surface area (Å²) in [5.74, 6) is 3.04. The molecule has 3 aromatic rings. The number of thioether (sulfide) groups is 1. The quantitative estimate of drug-likeness (QED) is 0.423. The van der Waals surface area contributed by atoms with Gasteiger partial charge >= 0.3 is 0 Å². The van der Waals surface area contributed by atoms with Crippen molar-refractivity contribution in [2.45, 2.75) is 5.16 Å². The third kappa shape index (κ3) is 2.56. The molecule has 3 nitrogen and oxygen atoms in total. The third-order valence-electron chi connectivity index (χ3n) is 3.04. The van der Waals surface area contributed by atoms with Crippen LogP contribution in [0.15, 0.2) is 64.5 Å². The average Bonchev–Trinajstić information content (AvgIpc) is 2.54. The van der Waals surface area contributed by atoms with Gasteiger partial charge in [-0.2, -0.15) is 0 Å². The van der Waals surface area contributed by atoms with Crippen molar-refractivity contribution in [2.24, 2.45) is 0 Å². The molecule has 0 fully saturated rings. The molecule has 4 heteroatoms. The van der Waals surface area contributed by atoms with Gasteiger partial charge in [-0.05, 0) is 24.3 Å². The summed E-state index contributed by atoms with van der Waals surface area (Å²) in [6, 6.07) is 16.8. The zero-order valence-electron chi connectivity index (χ0n) is 11.2. The molecular weight excluding hydrogens is 280 g/mol. The van der Waals surface area contributed by atoms with Crippen LogP contribution in [0.25, 0.3) is 16.6 Å². The van der Waals surface area contributed by atoms with E-state index in [1.165, 1.54) is 11.8 Å². The van der Waals surface area contributed by atoms with Crippen LogP contribution in [0.1, 0.15) is 0 Å². The summed E-state index contributed by atoms with van der Waals surface area (Å²) >= 11 is 1.39. The molecule has 0 spiro atoms. The summed E-state index contributed by atoms with van der Waals surface area (Å²) in [6.45, 7) is 0. The summed E-state index contributed by atoms with van der Waals surface area (Å²) in [5, 5.41) is 1.22. The van der Waals surface area contributed by atoms with E-state index >= 15 is 0 Å². The second-order valence-electron chi connectivity index (χ2n) is 4.38. The van der Waals surface area contributed by atoms with Crippen LogP contribution in [0.3, 0.4) is 0 Å². The zero-order chi connectivity index (χ0) is 14.7. The molecule has 0 aliphatic rings. The van der Waals surface area contributed by atoms with Gasteiger partial charge in [0.1, 0.15) is 0 Å². The highest BCUT2D eigenvalue weighted by atomic mass is 32.2. The Morgan fingerprint density at radius 2 is 1.81 bits per heavy atom. The third-order valence-corrected chi connectivity index (χ3v) is 3.89. The Hall–Kier alpha value is -2.51. The van der Waals surface area contributed by atoms with E-state index in [1.54, 1.807) is 10.6 Å². The van der Waals surface area contributed by atoms with E-state index in [9.17, 15) is 4.79 Å². The molecule has 3 rings (SSSR count). The topological polar surface area (TPSA) is 34.9 Å². The van der Waals surface area contributed by atoms with E-state index in [2.05, 4.69) is 10.9 Å². The van der Waals surface area contributed by atoms with E-state index in [0.717, 1.165) is 5.69 Å². The van der Waals surface area contributed by atoms with E-state index in [1.807, 2.05) is 48.5 Å². The Bertz CT molecular complexity index is 879. The lowest BCUT2D eigenvalue weighted by molar-refractivity contribution is 0.821. The minimum Gasteiger partial charge on any atom is -0.268 e. The lowest BCUT2D eigenvalue weighted by Gasteiger charge is -2.12. The zero-order valence-corrected chi connectivity index (χ0v) is 12.0. The number of hydrogen-bond donors (Lipinski definition) is 0. The molecule has 1 aromatic heterocycles. The molecule has 0 atom stereocenters. The molecule has 102 valence electrons. The molecule has 21 heavy (non-hydrogen) atoms. The van der Waals surface area contributed by atoms with Crippen molar-refractivity contribution >= 4 is 22.7 Å². The monoisotopic (exact) mass is 292 g/mol. The van der Waals surface area contributed by atoms with Gasteiger partial charge < -0.3 is 0 Å². The van der Waals surface area contributed by atoms with Crippen LogP contribution >= 0.6 is 11.8 Å². The van der Waals surface area contributed by atoms with Crippen molar-refractivity contribution in [2.75, 3.05) is 5.75 Å². The number of fused-ring (bicyclic) bond motifs is 1. The molecule has 0 saturated carbocycles. The van der Waals surface area contributed by atoms with Crippen LogP contribution in [-0.2, 0) is 0 Å². The first-order chi connectivity index (χ1) is 10.3. The van der Waals surface area contributed by atoms with Gasteiger partial charge in [-0.3, -0.25) is 9.36 Å². The summed E-state index contributed by atoms with van der Waals surface area (Å²) in [7, 11) is 0. The van der Waals surface area contributed by atoms with Crippen molar-refractivity contribution in [1.29, 1.82) is 0 Å². The van der Waals surface area contributed by atoms with Crippen LogP contribution in [0.5, 0.6) is 0 Å². The Morgan fingerprint density at radius 3 is 2.57 bits per heavy atom. The van der Waals surface area contributed by atoms with Crippen LogP contribution in [0.2, 0.25) is 0 Å². The fraction of sp³-hybridized carbons (Fsp3) is 0.0588. The van der Waals surface area contributed by atoms with Gasteiger partial charge in [0, 0.05) is 0 Å². The van der Waals surface area contributed by atoms with Crippen molar-refractivity contribution in [3.63, 3.8) is 0 Å². The Morgan fingerprint density at radius 1 is 1.10 bits per heavy atom. The molecule has 0 radical (unpaired) electrons. The first-order valence-corrected chi connectivity index (χ1v) is 7.43. The van der Waals surface area contributed by atoms with E-state index < -0.39 is 0 Å². The van der Waals surface area contributed by atoms with Gasteiger partial charge in [0.25, 0.3) is 5.56 Å². The summed E-state index contributed by atoms with van der Waals surface area (Å²) in [5.41, 5.74) is 1.40. The summed E-state index contributed by atoms with van der Waals surface area (Å²) in [4.78, 5) is 17.4. The van der Waals surface area contributed by atoms with Crippen molar-refractivity contribution in [1.82, 2.24) is 9.55 Å². The maximum atomic E-state index is 12.8. The Kier molecular flexibility index (Phi) is 3.76. The number of benzene rings is 2. The van der Waals surface area contributed by atoms with E-state index in [-0.39, 0.29) is 5.56 Å². The van der Waals surface area contributed by atoms with Gasteiger partial charge in [0.15, 0.2) is 5.16 Å². The molecule has 0 aliphatic carbocycles. The second-order valence-corrected chi connectivity index (χ2v) is 5.32. The molecule has 0 aliphatic heterocycles. The first kappa shape index (κ1) is 13.5. The highest BCUT2D eigenvalue weighted by Crippen LogP contribution is 2.20. The summed E-state index contributed by atoms with van der Waals surface area (Å²) < 4.78 is 1.62. The fourth-order valence-corrected chi connectivity index (χ4v) is 2.81. The number of hydrogen-bond acceptors (Lipinski definition) is 3. The number of rotatable bonds is 3. The number of terminal acetylenes is 1. The molecule has 0 amide bonds. The van der Waals surface area contributed by atoms with Crippen LogP contribution in [0.4, 0.5) is 0 Å². The van der Waals surface area contributed by atoms with Gasteiger partial charge in [0.2, 0.25) is 0 Å². The lowest BCUT2D eigenvalue weighted by Crippen LogP contribution is -2.21. The number of nitrogens with zero attached hydrogens (tertiary/aromatic N) is 2. The highest BCUT2D eigenvalue weighted by molar-refractivity contribution is 7.99. The largest absolute Gasteiger partial charge is 0.268 e. The smallest absolute Gasteiger partial charge is 0.266 e. The minimum atomic E-state index is -0.0775. The molecule has 0 bridgehead atoms. The fourth-order valence-electron chi connectivity index (χ4n) is 2.12. The summed E-state index contributed by atoms with van der Waals surface area (Å²) in [6.07, 6.45) is 5.33. The van der Waals surface area contributed by atoms with Gasteiger partial charge in [-0.15, -0.1) is 6.42 Å². The van der Waals surface area contributed by atoms with Crippen LogP contribution in [-0.4, -0.2) is 15.3 Å². The average molecular weight is 292 g/mol. The first-order valence-electron chi connectivity index (χ1n) is 6.45. The highest BCUT2D eigenvalue weighted by Gasteiger charge is 2.12. The molecular formula is C17H12N2OS. The van der Waals surface area contributed by atoms with E-state index in [4.69, 9.17) is 6.42 Å². The predicted molar refractivity (Wildman–Crippen MR) is 86.9 cm³/mol. The Labute approximate surface area is 126 Å². The molecule has 0 N–H and O–H groups in total. The van der Waals surface area contributed by atoms with Crippen LogP contribution < -0.4 is 5.56 Å². The molecule has 2 aromatic carbocycles. The molecule has 1 heterocycles. The minimum absolute atomic E-state index is 0.0775. The predicted octanol–water partition coefficient (Wildman–Crippen LogP) is 3.11. The molecule has 0 unspecified atom stereocenters. The van der Waals surface area contributed by atoms with Gasteiger partial charge in [0.05, 0.1) is 22.3 Å². The lowest BCUT2D eigenvalue weighted by atomic mass is 10.2. The maximum absolute atomic E-state index is 12.8. The molecule has 0 saturated heterocycles. The van der Waals surface area contributed by atoms with Crippen LogP contribution in [0, 0.1) is 12.3 Å². The van der Waals surface area contributed by atoms with Crippen molar-refractivity contribution in [3.8, 4) is 18.0 Å². The Balaban J connectivity index is 2.32. The van der Waals surface area contributed by atoms with E-state index in [0.29, 0.717) is 21.8 Å². The maximum Gasteiger partial charge on any atom is 0.266 e. The van der Waals surface area contributed by atoms with Crippen molar-refractivity contribution < 1.29 is 0 Å².